The summed E-state index contributed by atoms with van der Waals surface area (Å²) in [6, 6.07) is 30.6. The number of fused-ring (bicyclic) bond motifs is 5. The Bertz CT molecular complexity index is 1380. The molecule has 2 unspecified atom stereocenters. The second-order valence-corrected chi connectivity index (χ2v) is 11.9. The topological polar surface area (TPSA) is 12.5 Å². The molecule has 4 aromatic carbocycles. The molecule has 0 radical (unpaired) electrons. The average molecular weight is 589 g/mol. The molecule has 2 atom stereocenters. The van der Waals surface area contributed by atoms with Crippen molar-refractivity contribution >= 4 is 48.9 Å². The largest absolute Gasteiger partial charge is 0.360 e. The van der Waals surface area contributed by atoms with Crippen molar-refractivity contribution in [3.05, 3.63) is 111 Å². The number of benzene rings is 4. The monoisotopic (exact) mass is 587 g/mol. The molecule has 0 saturated carbocycles. The summed E-state index contributed by atoms with van der Waals surface area (Å²) in [6.45, 7) is 6.68. The summed E-state index contributed by atoms with van der Waals surface area (Å²) in [4.78, 5) is 2.31. The molecule has 2 aliphatic rings. The summed E-state index contributed by atoms with van der Waals surface area (Å²) in [5.41, 5.74) is 9.56. The molecule has 0 aliphatic carbocycles. The predicted octanol–water partition coefficient (Wildman–Crippen LogP) is 9.91. The minimum Gasteiger partial charge on any atom is -0.360 e. The molecular formula is C31H27Br2NO. The first-order valence-electron chi connectivity index (χ1n) is 12.0. The van der Waals surface area contributed by atoms with Gasteiger partial charge in [0.25, 0.3) is 0 Å². The van der Waals surface area contributed by atoms with E-state index in [1.807, 2.05) is 0 Å². The van der Waals surface area contributed by atoms with Crippen LogP contribution in [0.3, 0.4) is 0 Å². The summed E-state index contributed by atoms with van der Waals surface area (Å²) >= 11 is 7.15. The highest BCUT2D eigenvalue weighted by atomic mass is 79.9. The Labute approximate surface area is 224 Å². The fourth-order valence-corrected chi connectivity index (χ4v) is 6.30. The van der Waals surface area contributed by atoms with E-state index in [-0.39, 0.29) is 11.2 Å². The van der Waals surface area contributed by atoms with Crippen LogP contribution in [-0.4, -0.2) is 0 Å². The third kappa shape index (κ3) is 3.87. The van der Waals surface area contributed by atoms with Gasteiger partial charge in [-0.25, -0.2) is 0 Å². The highest BCUT2D eigenvalue weighted by molar-refractivity contribution is 9.10. The van der Waals surface area contributed by atoms with E-state index >= 15 is 0 Å². The third-order valence-corrected chi connectivity index (χ3v) is 8.69. The van der Waals surface area contributed by atoms with Gasteiger partial charge < -0.3 is 9.64 Å². The van der Waals surface area contributed by atoms with E-state index in [1.54, 1.807) is 0 Å². The van der Waals surface area contributed by atoms with Crippen LogP contribution in [0.1, 0.15) is 43.4 Å². The molecule has 4 heteroatoms. The molecule has 0 amide bonds. The first kappa shape index (κ1) is 23.0. The highest BCUT2D eigenvalue weighted by Crippen LogP contribution is 2.58. The van der Waals surface area contributed by atoms with Crippen molar-refractivity contribution in [1.82, 2.24) is 0 Å². The maximum atomic E-state index is 6.48. The molecular weight excluding hydrogens is 562 g/mol. The standard InChI is InChI=1S/C31H27Br2NO/c1-20-18-21(22-4-14-27-28(19-22)31(3)17-16-30(27,2)35-31)5-15-29(20)34(25-10-6-23(32)7-11-25)26-12-8-24(33)9-13-26/h4-15,18-19H,16-17H2,1-3H3. The Kier molecular flexibility index (Phi) is 5.48. The number of ether oxygens (including phenoxy) is 1. The summed E-state index contributed by atoms with van der Waals surface area (Å²) < 4.78 is 8.62. The minimum atomic E-state index is -0.158. The lowest BCUT2D eigenvalue weighted by Crippen LogP contribution is -2.17. The fourth-order valence-electron chi connectivity index (χ4n) is 5.77. The molecule has 1 saturated heterocycles. The lowest BCUT2D eigenvalue weighted by Gasteiger charge is -2.28. The van der Waals surface area contributed by atoms with Crippen molar-refractivity contribution < 1.29 is 4.74 Å². The lowest BCUT2D eigenvalue weighted by atomic mass is 9.77. The van der Waals surface area contributed by atoms with Crippen LogP contribution in [0.5, 0.6) is 0 Å². The number of aryl methyl sites for hydroxylation is 1. The van der Waals surface area contributed by atoms with Crippen LogP contribution < -0.4 is 4.90 Å². The molecule has 0 aromatic heterocycles. The number of hydrogen-bond donors (Lipinski definition) is 0. The third-order valence-electron chi connectivity index (χ3n) is 7.63. The van der Waals surface area contributed by atoms with Crippen molar-refractivity contribution in [2.24, 2.45) is 0 Å². The lowest BCUT2D eigenvalue weighted by molar-refractivity contribution is -0.0662. The molecule has 176 valence electrons. The number of hydrogen-bond acceptors (Lipinski definition) is 2. The van der Waals surface area contributed by atoms with Crippen LogP contribution in [0.25, 0.3) is 11.1 Å². The van der Waals surface area contributed by atoms with E-state index in [0.717, 1.165) is 33.2 Å². The zero-order valence-electron chi connectivity index (χ0n) is 20.1. The van der Waals surface area contributed by atoms with Gasteiger partial charge in [0.2, 0.25) is 0 Å². The van der Waals surface area contributed by atoms with Crippen LogP contribution in [-0.2, 0) is 15.9 Å². The maximum Gasteiger partial charge on any atom is 0.0920 e. The van der Waals surface area contributed by atoms with Crippen molar-refractivity contribution in [2.75, 3.05) is 4.90 Å². The molecule has 35 heavy (non-hydrogen) atoms. The van der Waals surface area contributed by atoms with Gasteiger partial charge in [-0.2, -0.15) is 0 Å². The molecule has 2 bridgehead atoms. The zero-order valence-corrected chi connectivity index (χ0v) is 23.3. The number of nitrogens with zero attached hydrogens (tertiary/aromatic N) is 1. The number of anilines is 3. The smallest absolute Gasteiger partial charge is 0.0920 e. The average Bonchev–Trinajstić information content (AvgIpc) is 3.29. The van der Waals surface area contributed by atoms with E-state index in [1.165, 1.54) is 33.5 Å². The van der Waals surface area contributed by atoms with Gasteiger partial charge in [0.05, 0.1) is 11.2 Å². The molecule has 4 aromatic rings. The van der Waals surface area contributed by atoms with E-state index in [0.29, 0.717) is 0 Å². The van der Waals surface area contributed by atoms with Gasteiger partial charge >= 0.3 is 0 Å². The van der Waals surface area contributed by atoms with Gasteiger partial charge in [0, 0.05) is 26.0 Å². The molecule has 2 aliphatic heterocycles. The highest BCUT2D eigenvalue weighted by Gasteiger charge is 2.54. The van der Waals surface area contributed by atoms with Gasteiger partial charge in [-0.1, -0.05) is 50.1 Å². The maximum absolute atomic E-state index is 6.48. The van der Waals surface area contributed by atoms with Gasteiger partial charge in [0.1, 0.15) is 0 Å². The molecule has 6 rings (SSSR count). The Balaban J connectivity index is 1.42. The molecule has 1 fully saturated rings. The van der Waals surface area contributed by atoms with E-state index < -0.39 is 0 Å². The van der Waals surface area contributed by atoms with Gasteiger partial charge in [-0.15, -0.1) is 0 Å². The first-order chi connectivity index (χ1) is 16.8. The van der Waals surface area contributed by atoms with Gasteiger partial charge in [-0.3, -0.25) is 0 Å². The van der Waals surface area contributed by atoms with Crippen LogP contribution >= 0.6 is 31.9 Å². The summed E-state index contributed by atoms with van der Waals surface area (Å²) in [6.07, 6.45) is 2.19. The van der Waals surface area contributed by atoms with Crippen LogP contribution in [0.4, 0.5) is 17.1 Å². The fraction of sp³-hybridized carbons (Fsp3) is 0.226. The summed E-state index contributed by atoms with van der Waals surface area (Å²) in [7, 11) is 0. The number of halogens is 2. The van der Waals surface area contributed by atoms with E-state index in [2.05, 4.69) is 142 Å². The Morgan fingerprint density at radius 3 is 1.74 bits per heavy atom. The van der Waals surface area contributed by atoms with Crippen molar-refractivity contribution in [1.29, 1.82) is 0 Å². The molecule has 0 N–H and O–H groups in total. The second-order valence-electron chi connectivity index (χ2n) is 10.1. The Hall–Kier alpha value is -2.40. The summed E-state index contributed by atoms with van der Waals surface area (Å²) in [5, 5.41) is 0. The molecule has 2 heterocycles. The molecule has 2 nitrogen and oxygen atoms in total. The number of rotatable bonds is 4. The normalized spacial score (nSPS) is 22.3. The Morgan fingerprint density at radius 2 is 1.17 bits per heavy atom. The summed E-state index contributed by atoms with van der Waals surface area (Å²) in [5.74, 6) is 0. The zero-order chi connectivity index (χ0) is 24.4. The van der Waals surface area contributed by atoms with Crippen LogP contribution in [0.15, 0.2) is 93.9 Å². The van der Waals surface area contributed by atoms with Crippen molar-refractivity contribution in [3.8, 4) is 11.1 Å². The Morgan fingerprint density at radius 1 is 0.657 bits per heavy atom. The van der Waals surface area contributed by atoms with Crippen LogP contribution in [0.2, 0.25) is 0 Å². The van der Waals surface area contributed by atoms with Crippen LogP contribution in [0, 0.1) is 6.92 Å². The van der Waals surface area contributed by atoms with Gasteiger partial charge in [-0.05, 0) is 128 Å². The van der Waals surface area contributed by atoms with E-state index in [9.17, 15) is 0 Å². The minimum absolute atomic E-state index is 0.127. The van der Waals surface area contributed by atoms with E-state index in [4.69, 9.17) is 4.74 Å². The quantitative estimate of drug-likeness (QED) is 0.235. The molecule has 0 spiro atoms. The second kappa shape index (κ2) is 8.33. The van der Waals surface area contributed by atoms with Crippen molar-refractivity contribution in [2.45, 2.75) is 44.8 Å². The SMILES string of the molecule is Cc1cc(-c2ccc3c(c2)C2(C)CCC3(C)O2)ccc1N(c1ccc(Br)cc1)c1ccc(Br)cc1. The first-order valence-corrected chi connectivity index (χ1v) is 13.6. The predicted molar refractivity (Wildman–Crippen MR) is 152 cm³/mol. The van der Waals surface area contributed by atoms with Crippen molar-refractivity contribution in [3.63, 3.8) is 0 Å². The van der Waals surface area contributed by atoms with Gasteiger partial charge in [0.15, 0.2) is 0 Å².